The summed E-state index contributed by atoms with van der Waals surface area (Å²) in [6, 6.07) is 2.51. The third-order valence-electron chi connectivity index (χ3n) is 3.17. The zero-order chi connectivity index (χ0) is 10.8. The molecule has 2 aliphatic rings. The fraction of sp³-hybridized carbons (Fsp3) is 0.583. The number of hydrogen-bond acceptors (Lipinski definition) is 4. The van der Waals surface area contributed by atoms with Gasteiger partial charge in [-0.2, -0.15) is 0 Å². The number of nitrogens with one attached hydrogen (secondary N) is 1. The summed E-state index contributed by atoms with van der Waals surface area (Å²) in [6.45, 7) is 2.46. The van der Waals surface area contributed by atoms with Gasteiger partial charge in [-0.3, -0.25) is 0 Å². The molecule has 0 unspecified atom stereocenters. The standard InChI is InChI=1S/C12H16N2O2/c1-5-13-12(11-9(1)2-8-16-11)14-10-3-6-15-7-4-10/h1,5,10H,2-4,6-8H2,(H,13,14). The molecule has 1 aromatic rings. The van der Waals surface area contributed by atoms with E-state index < -0.39 is 0 Å². The van der Waals surface area contributed by atoms with Crippen LogP contribution in [0.25, 0.3) is 0 Å². The highest BCUT2D eigenvalue weighted by molar-refractivity contribution is 5.56. The molecule has 0 saturated carbocycles. The van der Waals surface area contributed by atoms with Crippen LogP contribution >= 0.6 is 0 Å². The molecule has 1 saturated heterocycles. The first-order valence-corrected chi connectivity index (χ1v) is 5.88. The van der Waals surface area contributed by atoms with Gasteiger partial charge in [0.05, 0.1) is 6.61 Å². The number of hydrogen-bond donors (Lipinski definition) is 1. The van der Waals surface area contributed by atoms with Crippen LogP contribution < -0.4 is 10.1 Å². The van der Waals surface area contributed by atoms with E-state index in [9.17, 15) is 0 Å². The summed E-state index contributed by atoms with van der Waals surface area (Å²) < 4.78 is 11.0. The van der Waals surface area contributed by atoms with Crippen LogP contribution in [0.4, 0.5) is 5.82 Å². The molecule has 2 aliphatic heterocycles. The van der Waals surface area contributed by atoms with Crippen molar-refractivity contribution >= 4 is 5.82 Å². The summed E-state index contributed by atoms with van der Waals surface area (Å²) in [4.78, 5) is 4.37. The Labute approximate surface area is 95.0 Å². The number of fused-ring (bicyclic) bond motifs is 1. The van der Waals surface area contributed by atoms with Gasteiger partial charge in [-0.25, -0.2) is 4.98 Å². The lowest BCUT2D eigenvalue weighted by Crippen LogP contribution is -2.28. The monoisotopic (exact) mass is 220 g/mol. The second-order valence-electron chi connectivity index (χ2n) is 4.28. The molecule has 0 bridgehead atoms. The van der Waals surface area contributed by atoms with Gasteiger partial charge in [0, 0.05) is 37.4 Å². The zero-order valence-electron chi connectivity index (χ0n) is 9.24. The van der Waals surface area contributed by atoms with Gasteiger partial charge >= 0.3 is 0 Å². The summed E-state index contributed by atoms with van der Waals surface area (Å²) in [5, 5.41) is 3.47. The van der Waals surface area contributed by atoms with Gasteiger partial charge in [-0.1, -0.05) is 0 Å². The maximum absolute atomic E-state index is 5.61. The molecular weight excluding hydrogens is 204 g/mol. The third-order valence-corrected chi connectivity index (χ3v) is 3.17. The molecule has 1 fully saturated rings. The second kappa shape index (κ2) is 4.29. The average molecular weight is 220 g/mol. The van der Waals surface area contributed by atoms with E-state index in [0.29, 0.717) is 6.04 Å². The minimum Gasteiger partial charge on any atom is -0.489 e. The van der Waals surface area contributed by atoms with Gasteiger partial charge in [0.2, 0.25) is 0 Å². The zero-order valence-corrected chi connectivity index (χ0v) is 9.24. The van der Waals surface area contributed by atoms with E-state index in [1.165, 1.54) is 5.56 Å². The Morgan fingerprint density at radius 1 is 1.25 bits per heavy atom. The Morgan fingerprint density at radius 3 is 3.00 bits per heavy atom. The van der Waals surface area contributed by atoms with Crippen LogP contribution in [0, 0.1) is 0 Å². The van der Waals surface area contributed by atoms with Crippen molar-refractivity contribution in [3.8, 4) is 5.75 Å². The van der Waals surface area contributed by atoms with Gasteiger partial charge < -0.3 is 14.8 Å². The quantitative estimate of drug-likeness (QED) is 0.822. The van der Waals surface area contributed by atoms with Crippen molar-refractivity contribution in [1.82, 2.24) is 4.98 Å². The van der Waals surface area contributed by atoms with Crippen molar-refractivity contribution in [1.29, 1.82) is 0 Å². The largest absolute Gasteiger partial charge is 0.489 e. The minimum atomic E-state index is 0.469. The van der Waals surface area contributed by atoms with Crippen LogP contribution in [-0.2, 0) is 11.2 Å². The van der Waals surface area contributed by atoms with Crippen molar-refractivity contribution < 1.29 is 9.47 Å². The smallest absolute Gasteiger partial charge is 0.169 e. The van der Waals surface area contributed by atoms with Crippen molar-refractivity contribution in [3.05, 3.63) is 17.8 Å². The number of rotatable bonds is 2. The summed E-state index contributed by atoms with van der Waals surface area (Å²) >= 11 is 0. The lowest BCUT2D eigenvalue weighted by Gasteiger charge is -2.24. The molecule has 3 heterocycles. The number of anilines is 1. The van der Waals surface area contributed by atoms with Crippen LogP contribution in [0.3, 0.4) is 0 Å². The van der Waals surface area contributed by atoms with Crippen LogP contribution in [0.1, 0.15) is 18.4 Å². The molecule has 1 N–H and O–H groups in total. The number of nitrogens with zero attached hydrogens (tertiary/aromatic N) is 1. The fourth-order valence-corrected chi connectivity index (χ4v) is 2.25. The first-order chi connectivity index (χ1) is 7.93. The maximum atomic E-state index is 5.61. The predicted octanol–water partition coefficient (Wildman–Crippen LogP) is 1.61. The van der Waals surface area contributed by atoms with E-state index in [-0.39, 0.29) is 0 Å². The Kier molecular flexibility index (Phi) is 2.66. The maximum Gasteiger partial charge on any atom is 0.169 e. The van der Waals surface area contributed by atoms with Gasteiger partial charge in [-0.05, 0) is 18.9 Å². The lowest BCUT2D eigenvalue weighted by atomic mass is 10.1. The summed E-state index contributed by atoms with van der Waals surface area (Å²) in [7, 11) is 0. The van der Waals surface area contributed by atoms with Gasteiger partial charge in [0.15, 0.2) is 11.6 Å². The van der Waals surface area contributed by atoms with Crippen molar-refractivity contribution in [2.75, 3.05) is 25.1 Å². The molecule has 0 aromatic carbocycles. The highest BCUT2D eigenvalue weighted by atomic mass is 16.5. The van der Waals surface area contributed by atoms with E-state index in [2.05, 4.69) is 10.3 Å². The Morgan fingerprint density at radius 2 is 2.12 bits per heavy atom. The number of ether oxygens (including phenoxy) is 2. The summed E-state index contributed by atoms with van der Waals surface area (Å²) in [6.07, 6.45) is 4.95. The van der Waals surface area contributed by atoms with Crippen LogP contribution in [0.5, 0.6) is 5.75 Å². The minimum absolute atomic E-state index is 0.469. The molecule has 4 nitrogen and oxygen atoms in total. The summed E-state index contributed by atoms with van der Waals surface area (Å²) in [5.74, 6) is 1.86. The Balaban J connectivity index is 1.76. The highest BCUT2D eigenvalue weighted by Gasteiger charge is 2.20. The first kappa shape index (κ1) is 9.90. The summed E-state index contributed by atoms with van der Waals surface area (Å²) in [5.41, 5.74) is 1.27. The number of aromatic nitrogens is 1. The molecule has 0 spiro atoms. The topological polar surface area (TPSA) is 43.4 Å². The highest BCUT2D eigenvalue weighted by Crippen LogP contribution is 2.32. The number of pyridine rings is 1. The van der Waals surface area contributed by atoms with Crippen LogP contribution in [0.15, 0.2) is 12.3 Å². The van der Waals surface area contributed by atoms with E-state index in [1.807, 2.05) is 12.3 Å². The predicted molar refractivity (Wildman–Crippen MR) is 60.9 cm³/mol. The fourth-order valence-electron chi connectivity index (χ4n) is 2.25. The van der Waals surface area contributed by atoms with E-state index in [0.717, 1.165) is 50.7 Å². The molecular formula is C12H16N2O2. The normalized spacial score (nSPS) is 20.2. The molecule has 3 rings (SSSR count). The van der Waals surface area contributed by atoms with Crippen molar-refractivity contribution in [3.63, 3.8) is 0 Å². The Hall–Kier alpha value is -1.29. The van der Waals surface area contributed by atoms with Crippen molar-refractivity contribution in [2.45, 2.75) is 25.3 Å². The second-order valence-corrected chi connectivity index (χ2v) is 4.28. The van der Waals surface area contributed by atoms with Crippen LogP contribution in [-0.4, -0.2) is 30.8 Å². The SMILES string of the molecule is c1cc2c(c(NC3CCOCC3)n1)OCC2. The molecule has 16 heavy (non-hydrogen) atoms. The first-order valence-electron chi connectivity index (χ1n) is 5.88. The molecule has 0 aliphatic carbocycles. The van der Waals surface area contributed by atoms with Gasteiger partial charge in [0.1, 0.15) is 0 Å². The molecule has 0 atom stereocenters. The third kappa shape index (κ3) is 1.85. The molecule has 0 amide bonds. The molecule has 4 heteroatoms. The molecule has 1 aromatic heterocycles. The van der Waals surface area contributed by atoms with E-state index in [4.69, 9.17) is 9.47 Å². The molecule has 86 valence electrons. The average Bonchev–Trinajstić information content (AvgIpc) is 2.80. The van der Waals surface area contributed by atoms with E-state index >= 15 is 0 Å². The molecule has 0 radical (unpaired) electrons. The van der Waals surface area contributed by atoms with Gasteiger partial charge in [-0.15, -0.1) is 0 Å². The Bertz CT molecular complexity index is 375. The van der Waals surface area contributed by atoms with Crippen LogP contribution in [0.2, 0.25) is 0 Å². The lowest BCUT2D eigenvalue weighted by molar-refractivity contribution is 0.0903. The van der Waals surface area contributed by atoms with Gasteiger partial charge in [0.25, 0.3) is 0 Å². The van der Waals surface area contributed by atoms with Crippen molar-refractivity contribution in [2.24, 2.45) is 0 Å². The van der Waals surface area contributed by atoms with E-state index in [1.54, 1.807) is 0 Å².